The molecule has 1 unspecified atom stereocenters. The zero-order valence-corrected chi connectivity index (χ0v) is 13.9. The Balaban J connectivity index is 1.63. The number of rotatable bonds is 1. The molecule has 3 heterocycles. The quantitative estimate of drug-likeness (QED) is 0.763. The normalized spacial score (nSPS) is 29.8. The summed E-state index contributed by atoms with van der Waals surface area (Å²) < 4.78 is 8.34. The van der Waals surface area contributed by atoms with Crippen molar-refractivity contribution in [2.45, 2.75) is 58.5 Å². The van der Waals surface area contributed by atoms with Crippen LogP contribution >= 0.6 is 0 Å². The molecule has 0 aromatic carbocycles. The fraction of sp³-hybridized carbons (Fsp3) is 0.647. The minimum atomic E-state index is -0.245. The topological polar surface area (TPSA) is 64.7 Å². The number of hydrogen-bond acceptors (Lipinski definition) is 4. The molecule has 1 atom stereocenters. The summed E-state index contributed by atoms with van der Waals surface area (Å²) in [6, 6.07) is 0.0287. The van der Waals surface area contributed by atoms with Crippen molar-refractivity contribution in [2.75, 3.05) is 6.54 Å². The predicted octanol–water partition coefficient (Wildman–Crippen LogP) is 1.23. The molecule has 124 valence electrons. The van der Waals surface area contributed by atoms with Gasteiger partial charge in [-0.25, -0.2) is 10.4 Å². The summed E-state index contributed by atoms with van der Waals surface area (Å²) in [7, 11) is 0. The zero-order chi connectivity index (χ0) is 17.2. The number of nitrogens with zero attached hydrogens (tertiary/aromatic N) is 2. The van der Waals surface area contributed by atoms with Gasteiger partial charge in [0.15, 0.2) is 0 Å². The minimum absolute atomic E-state index is 0.0680. The molecule has 0 spiro atoms. The maximum atomic E-state index is 12.9. The van der Waals surface area contributed by atoms with Gasteiger partial charge in [-0.05, 0) is 24.3 Å². The smallest absolute Gasteiger partial charge is 0.274 e. The summed E-state index contributed by atoms with van der Waals surface area (Å²) in [6.07, 6.45) is 6.20. The molecule has 0 saturated heterocycles. The van der Waals surface area contributed by atoms with Gasteiger partial charge in [0.2, 0.25) is 0 Å². The Labute approximate surface area is 138 Å². The Kier molecular flexibility index (Phi) is 2.86. The molecule has 1 aliphatic carbocycles. The summed E-state index contributed by atoms with van der Waals surface area (Å²) in [5, 5.41) is 4.50. The minimum Gasteiger partial charge on any atom is -0.336 e. The SMILES string of the molecule is [2H]N1C(C(C)(C)C)C=C2NC3=C(CN(C4CCCC4)C3=O)C(=O)N21. The highest BCUT2D eigenvalue weighted by Crippen LogP contribution is 2.35. The monoisotopic (exact) mass is 317 g/mol. The first-order valence-corrected chi connectivity index (χ1v) is 8.44. The molecule has 23 heavy (non-hydrogen) atoms. The average molecular weight is 317 g/mol. The first-order chi connectivity index (χ1) is 11.3. The molecule has 2 amide bonds. The van der Waals surface area contributed by atoms with Gasteiger partial charge in [0.25, 0.3) is 11.8 Å². The van der Waals surface area contributed by atoms with Crippen LogP contribution in [0.15, 0.2) is 23.2 Å². The van der Waals surface area contributed by atoms with E-state index >= 15 is 0 Å². The van der Waals surface area contributed by atoms with Gasteiger partial charge in [-0.3, -0.25) is 9.59 Å². The standard InChI is InChI=1S/C17H24N4O2/c1-17(2,3)12-8-13-18-14-11(15(22)21(13)19-12)9-20(16(14)23)10-6-4-5-7-10/h8,10,12,18-19H,4-7,9H2,1-3H3/i/hD. The van der Waals surface area contributed by atoms with Crippen LogP contribution in [0.25, 0.3) is 0 Å². The van der Waals surface area contributed by atoms with Crippen LogP contribution in [0, 0.1) is 5.41 Å². The first-order valence-electron chi connectivity index (χ1n) is 8.89. The van der Waals surface area contributed by atoms with Gasteiger partial charge in [0.05, 0.1) is 18.2 Å². The van der Waals surface area contributed by atoms with Crippen LogP contribution in [0.4, 0.5) is 0 Å². The Hall–Kier alpha value is -1.82. The molecule has 0 bridgehead atoms. The van der Waals surface area contributed by atoms with Crippen molar-refractivity contribution in [3.8, 4) is 0 Å². The van der Waals surface area contributed by atoms with E-state index in [-0.39, 0.29) is 29.3 Å². The van der Waals surface area contributed by atoms with Crippen LogP contribution in [-0.4, -0.2) is 40.4 Å². The molecular weight excluding hydrogens is 292 g/mol. The molecule has 4 aliphatic rings. The lowest BCUT2D eigenvalue weighted by molar-refractivity contribution is -0.129. The summed E-state index contributed by atoms with van der Waals surface area (Å²) in [5.41, 5.74) is 1.96. The van der Waals surface area contributed by atoms with Gasteiger partial charge in [0, 0.05) is 6.04 Å². The van der Waals surface area contributed by atoms with Crippen LogP contribution in [0.2, 0.25) is 1.41 Å². The van der Waals surface area contributed by atoms with Crippen LogP contribution < -0.4 is 10.7 Å². The molecule has 1 fully saturated rings. The van der Waals surface area contributed by atoms with Crippen molar-refractivity contribution in [3.63, 3.8) is 0 Å². The Bertz CT molecular complexity index is 673. The summed E-state index contributed by atoms with van der Waals surface area (Å²) in [5.74, 6) is 0.224. The molecule has 2 N–H and O–H groups in total. The van der Waals surface area contributed by atoms with Gasteiger partial charge in [-0.15, -0.1) is 0 Å². The Morgan fingerprint density at radius 2 is 1.91 bits per heavy atom. The summed E-state index contributed by atoms with van der Waals surface area (Å²) in [6.45, 7) is 6.47. The van der Waals surface area contributed by atoms with Crippen molar-refractivity contribution in [3.05, 3.63) is 23.2 Å². The molecule has 0 aromatic rings. The highest BCUT2D eigenvalue weighted by molar-refractivity contribution is 6.10. The average Bonchev–Trinajstić information content (AvgIpc) is 3.18. The fourth-order valence-corrected chi connectivity index (χ4v) is 3.78. The third kappa shape index (κ3) is 2.19. The van der Waals surface area contributed by atoms with Gasteiger partial charge in [0.1, 0.15) is 12.9 Å². The van der Waals surface area contributed by atoms with Gasteiger partial charge >= 0.3 is 0 Å². The summed E-state index contributed by atoms with van der Waals surface area (Å²) >= 11 is 0. The third-order valence-electron chi connectivity index (χ3n) is 5.25. The highest BCUT2D eigenvalue weighted by Gasteiger charge is 2.46. The Morgan fingerprint density at radius 1 is 1.22 bits per heavy atom. The number of fused-ring (bicyclic) bond motifs is 1. The largest absolute Gasteiger partial charge is 0.336 e. The van der Waals surface area contributed by atoms with Crippen LogP contribution in [-0.2, 0) is 9.59 Å². The van der Waals surface area contributed by atoms with Crippen LogP contribution in [0.5, 0.6) is 0 Å². The number of amides is 2. The molecule has 6 nitrogen and oxygen atoms in total. The van der Waals surface area contributed by atoms with E-state index in [1.807, 2.05) is 31.7 Å². The van der Waals surface area contributed by atoms with Crippen molar-refractivity contribution in [2.24, 2.45) is 5.41 Å². The van der Waals surface area contributed by atoms with Gasteiger partial charge in [-0.2, -0.15) is 0 Å². The second kappa shape index (κ2) is 4.84. The number of carbonyl (C=O) groups is 2. The van der Waals surface area contributed by atoms with Crippen LogP contribution in [0.3, 0.4) is 0 Å². The third-order valence-corrected chi connectivity index (χ3v) is 5.25. The molecule has 4 rings (SSSR count). The fourth-order valence-electron chi connectivity index (χ4n) is 3.78. The number of hydrogen-bond donors (Lipinski definition) is 2. The van der Waals surface area contributed by atoms with E-state index in [1.165, 1.54) is 10.4 Å². The lowest BCUT2D eigenvalue weighted by atomic mass is 9.87. The maximum Gasteiger partial charge on any atom is 0.274 e. The van der Waals surface area contributed by atoms with E-state index in [0.29, 0.717) is 23.6 Å². The molecule has 1 saturated carbocycles. The molecule has 0 aromatic heterocycles. The van der Waals surface area contributed by atoms with E-state index in [4.69, 9.17) is 1.41 Å². The lowest BCUT2D eigenvalue weighted by Gasteiger charge is -2.30. The number of nitrogens with one attached hydrogen (secondary N) is 2. The van der Waals surface area contributed by atoms with E-state index in [2.05, 4.69) is 5.32 Å². The van der Waals surface area contributed by atoms with Crippen molar-refractivity contribution >= 4 is 11.8 Å². The maximum absolute atomic E-state index is 12.9. The second-order valence-corrected chi connectivity index (χ2v) is 7.95. The molecular formula is C17H24N4O2. The van der Waals surface area contributed by atoms with Gasteiger partial charge in [-0.1, -0.05) is 33.6 Å². The van der Waals surface area contributed by atoms with Crippen molar-refractivity contribution in [1.82, 2.24) is 20.6 Å². The van der Waals surface area contributed by atoms with E-state index in [9.17, 15) is 9.59 Å². The van der Waals surface area contributed by atoms with Crippen LogP contribution in [0.1, 0.15) is 46.5 Å². The van der Waals surface area contributed by atoms with Gasteiger partial charge < -0.3 is 10.2 Å². The van der Waals surface area contributed by atoms with Crippen molar-refractivity contribution < 1.29 is 11.0 Å². The highest BCUT2D eigenvalue weighted by atomic mass is 16.2. The van der Waals surface area contributed by atoms with E-state index in [1.54, 1.807) is 0 Å². The molecule has 6 heteroatoms. The van der Waals surface area contributed by atoms with E-state index in [0.717, 1.165) is 25.7 Å². The lowest BCUT2D eigenvalue weighted by Crippen LogP contribution is -2.50. The van der Waals surface area contributed by atoms with E-state index < -0.39 is 0 Å². The number of hydrazine groups is 1. The molecule has 0 radical (unpaired) electrons. The Morgan fingerprint density at radius 3 is 2.57 bits per heavy atom. The summed E-state index contributed by atoms with van der Waals surface area (Å²) in [4.78, 5) is 27.5. The number of carbonyl (C=O) groups excluding carboxylic acids is 2. The first kappa shape index (κ1) is 13.6. The molecule has 3 aliphatic heterocycles. The second-order valence-electron chi connectivity index (χ2n) is 7.95. The zero-order valence-electron chi connectivity index (χ0n) is 14.9. The predicted molar refractivity (Wildman–Crippen MR) is 85.4 cm³/mol. The van der Waals surface area contributed by atoms with Crippen molar-refractivity contribution in [1.29, 1.82) is 0 Å².